The van der Waals surface area contributed by atoms with E-state index in [2.05, 4.69) is 13.8 Å². The molecule has 1 aliphatic rings. The third-order valence-electron chi connectivity index (χ3n) is 3.55. The van der Waals surface area contributed by atoms with E-state index in [0.29, 0.717) is 31.2 Å². The number of hydrogen-bond acceptors (Lipinski definition) is 4. The summed E-state index contributed by atoms with van der Waals surface area (Å²) in [4.78, 5) is 0.250. The van der Waals surface area contributed by atoms with Crippen LogP contribution in [-0.2, 0) is 10.0 Å². The van der Waals surface area contributed by atoms with Gasteiger partial charge in [-0.25, -0.2) is 8.42 Å². The molecule has 6 heteroatoms. The summed E-state index contributed by atoms with van der Waals surface area (Å²) < 4.78 is 32.1. The SMILES string of the molecule is CC(C)COc1ccc(S(=O)(=O)N2CCC[C@H]2CO)cc1. The van der Waals surface area contributed by atoms with E-state index in [1.165, 1.54) is 4.31 Å². The molecule has 1 aliphatic heterocycles. The molecular formula is C15H23NO4S. The van der Waals surface area contributed by atoms with E-state index in [9.17, 15) is 13.5 Å². The fourth-order valence-corrected chi connectivity index (χ4v) is 4.10. The minimum atomic E-state index is -3.53. The van der Waals surface area contributed by atoms with Gasteiger partial charge in [0.2, 0.25) is 10.0 Å². The highest BCUT2D eigenvalue weighted by Gasteiger charge is 2.34. The smallest absolute Gasteiger partial charge is 0.243 e. The zero-order valence-corrected chi connectivity index (χ0v) is 13.3. The van der Waals surface area contributed by atoms with Crippen molar-refractivity contribution in [1.29, 1.82) is 0 Å². The van der Waals surface area contributed by atoms with Crippen LogP contribution < -0.4 is 4.74 Å². The van der Waals surface area contributed by atoms with Crippen molar-refractivity contribution in [3.63, 3.8) is 0 Å². The van der Waals surface area contributed by atoms with Crippen molar-refractivity contribution in [3.05, 3.63) is 24.3 Å². The van der Waals surface area contributed by atoms with Crippen molar-refractivity contribution in [2.45, 2.75) is 37.6 Å². The Balaban J connectivity index is 2.13. The molecule has 21 heavy (non-hydrogen) atoms. The molecule has 1 saturated heterocycles. The zero-order valence-electron chi connectivity index (χ0n) is 12.5. The van der Waals surface area contributed by atoms with Crippen LogP contribution in [0.15, 0.2) is 29.2 Å². The molecule has 1 N–H and O–H groups in total. The van der Waals surface area contributed by atoms with Crippen molar-refractivity contribution in [3.8, 4) is 5.75 Å². The minimum absolute atomic E-state index is 0.130. The van der Waals surface area contributed by atoms with Crippen LogP contribution in [0.2, 0.25) is 0 Å². The number of ether oxygens (including phenoxy) is 1. The predicted molar refractivity (Wildman–Crippen MR) is 80.8 cm³/mol. The molecule has 0 bridgehead atoms. The molecule has 1 aromatic rings. The number of aliphatic hydroxyl groups excluding tert-OH is 1. The molecule has 0 radical (unpaired) electrons. The summed E-state index contributed by atoms with van der Waals surface area (Å²) in [5, 5.41) is 9.29. The van der Waals surface area contributed by atoms with Gasteiger partial charge in [-0.15, -0.1) is 0 Å². The molecule has 0 amide bonds. The fourth-order valence-electron chi connectivity index (χ4n) is 2.41. The van der Waals surface area contributed by atoms with Crippen LogP contribution in [0.4, 0.5) is 0 Å². The van der Waals surface area contributed by atoms with Crippen molar-refractivity contribution in [1.82, 2.24) is 4.31 Å². The van der Waals surface area contributed by atoms with E-state index in [0.717, 1.165) is 6.42 Å². The Morgan fingerprint density at radius 2 is 2.00 bits per heavy atom. The maximum absolute atomic E-state index is 12.6. The standard InChI is InChI=1S/C15H23NO4S/c1-12(2)11-20-14-5-7-15(8-6-14)21(18,19)16-9-3-4-13(16)10-17/h5-8,12-13,17H,3-4,9-11H2,1-2H3/t13-/m0/s1. The Morgan fingerprint density at radius 1 is 1.33 bits per heavy atom. The van der Waals surface area contributed by atoms with Crippen molar-refractivity contribution < 1.29 is 18.3 Å². The largest absolute Gasteiger partial charge is 0.493 e. The zero-order chi connectivity index (χ0) is 15.5. The molecule has 1 fully saturated rings. The monoisotopic (exact) mass is 313 g/mol. The van der Waals surface area contributed by atoms with Crippen LogP contribution in [0.25, 0.3) is 0 Å². The predicted octanol–water partition coefficient (Wildman–Crippen LogP) is 1.87. The number of rotatable bonds is 6. The number of aliphatic hydroxyl groups is 1. The van der Waals surface area contributed by atoms with Gasteiger partial charge in [0.1, 0.15) is 5.75 Å². The van der Waals surface area contributed by atoms with Crippen LogP contribution in [0.5, 0.6) is 5.75 Å². The third kappa shape index (κ3) is 3.75. The van der Waals surface area contributed by atoms with E-state index in [4.69, 9.17) is 4.74 Å². The summed E-state index contributed by atoms with van der Waals surface area (Å²) >= 11 is 0. The van der Waals surface area contributed by atoms with Gasteiger partial charge >= 0.3 is 0 Å². The molecule has 1 atom stereocenters. The van der Waals surface area contributed by atoms with Gasteiger partial charge in [0.05, 0.1) is 18.1 Å². The van der Waals surface area contributed by atoms with Crippen LogP contribution in [0.3, 0.4) is 0 Å². The maximum Gasteiger partial charge on any atom is 0.243 e. The molecule has 0 aliphatic carbocycles. The van der Waals surface area contributed by atoms with Crippen LogP contribution in [0.1, 0.15) is 26.7 Å². The summed E-state index contributed by atoms with van der Waals surface area (Å²) in [5.74, 6) is 1.09. The van der Waals surface area contributed by atoms with E-state index >= 15 is 0 Å². The van der Waals surface area contributed by atoms with Crippen molar-refractivity contribution in [2.24, 2.45) is 5.92 Å². The maximum atomic E-state index is 12.6. The lowest BCUT2D eigenvalue weighted by atomic mass is 10.2. The van der Waals surface area contributed by atoms with Gasteiger partial charge in [0, 0.05) is 12.6 Å². The summed E-state index contributed by atoms with van der Waals surface area (Å²) in [6, 6.07) is 6.19. The first kappa shape index (κ1) is 16.3. The molecule has 118 valence electrons. The van der Waals surface area contributed by atoms with Gasteiger partial charge in [0.15, 0.2) is 0 Å². The van der Waals surface area contributed by atoms with Crippen molar-refractivity contribution in [2.75, 3.05) is 19.8 Å². The van der Waals surface area contributed by atoms with E-state index in [-0.39, 0.29) is 17.5 Å². The van der Waals surface area contributed by atoms with Gasteiger partial charge < -0.3 is 9.84 Å². The highest BCUT2D eigenvalue weighted by Crippen LogP contribution is 2.27. The summed E-state index contributed by atoms with van der Waals surface area (Å²) in [5.41, 5.74) is 0. The van der Waals surface area contributed by atoms with E-state index in [1.54, 1.807) is 24.3 Å². The van der Waals surface area contributed by atoms with Crippen LogP contribution in [0, 0.1) is 5.92 Å². The lowest BCUT2D eigenvalue weighted by Crippen LogP contribution is -2.37. The highest BCUT2D eigenvalue weighted by atomic mass is 32.2. The third-order valence-corrected chi connectivity index (χ3v) is 5.51. The normalized spacial score (nSPS) is 20.1. The van der Waals surface area contributed by atoms with Crippen LogP contribution in [-0.4, -0.2) is 43.6 Å². The number of sulfonamides is 1. The quantitative estimate of drug-likeness (QED) is 0.870. The molecule has 0 aromatic heterocycles. The first-order chi connectivity index (χ1) is 9.95. The number of hydrogen-bond donors (Lipinski definition) is 1. The Hall–Kier alpha value is -1.11. The Kier molecular flexibility index (Phi) is 5.24. The molecule has 2 rings (SSSR count). The first-order valence-electron chi connectivity index (χ1n) is 7.30. The van der Waals surface area contributed by atoms with E-state index < -0.39 is 10.0 Å². The van der Waals surface area contributed by atoms with Gasteiger partial charge in [-0.05, 0) is 43.0 Å². The lowest BCUT2D eigenvalue weighted by molar-refractivity contribution is 0.213. The second kappa shape index (κ2) is 6.77. The molecule has 0 saturated carbocycles. The van der Waals surface area contributed by atoms with Crippen LogP contribution >= 0.6 is 0 Å². The molecule has 0 unspecified atom stereocenters. The molecule has 5 nitrogen and oxygen atoms in total. The molecule has 0 spiro atoms. The fraction of sp³-hybridized carbons (Fsp3) is 0.600. The summed E-state index contributed by atoms with van der Waals surface area (Å²) in [6.45, 7) is 5.06. The lowest BCUT2D eigenvalue weighted by Gasteiger charge is -2.22. The summed E-state index contributed by atoms with van der Waals surface area (Å²) in [7, 11) is -3.53. The average Bonchev–Trinajstić information content (AvgIpc) is 2.94. The van der Waals surface area contributed by atoms with Gasteiger partial charge in [-0.1, -0.05) is 13.8 Å². The Labute approximate surface area is 126 Å². The molecule has 1 aromatic carbocycles. The second-order valence-corrected chi connectivity index (χ2v) is 7.66. The topological polar surface area (TPSA) is 66.8 Å². The molecule has 1 heterocycles. The number of nitrogens with zero attached hydrogens (tertiary/aromatic N) is 1. The van der Waals surface area contributed by atoms with Gasteiger partial charge in [0.25, 0.3) is 0 Å². The first-order valence-corrected chi connectivity index (χ1v) is 8.74. The summed E-state index contributed by atoms with van der Waals surface area (Å²) in [6.07, 6.45) is 1.51. The molecular weight excluding hydrogens is 290 g/mol. The average molecular weight is 313 g/mol. The second-order valence-electron chi connectivity index (χ2n) is 5.77. The Morgan fingerprint density at radius 3 is 2.57 bits per heavy atom. The minimum Gasteiger partial charge on any atom is -0.493 e. The van der Waals surface area contributed by atoms with Crippen molar-refractivity contribution >= 4 is 10.0 Å². The van der Waals surface area contributed by atoms with Gasteiger partial charge in [-0.3, -0.25) is 0 Å². The number of benzene rings is 1. The van der Waals surface area contributed by atoms with Gasteiger partial charge in [-0.2, -0.15) is 4.31 Å². The van der Waals surface area contributed by atoms with E-state index in [1.807, 2.05) is 0 Å². The Bertz CT molecular complexity index is 554. The highest BCUT2D eigenvalue weighted by molar-refractivity contribution is 7.89.